The van der Waals surface area contributed by atoms with Crippen molar-refractivity contribution in [2.24, 2.45) is 0 Å². The van der Waals surface area contributed by atoms with Gasteiger partial charge in [0, 0.05) is 18.0 Å². The maximum absolute atomic E-state index is 12.7. The van der Waals surface area contributed by atoms with Gasteiger partial charge in [-0.3, -0.25) is 0 Å². The zero-order valence-electron chi connectivity index (χ0n) is 15.0. The molecule has 0 aliphatic rings. The maximum atomic E-state index is 12.7. The third-order valence-electron chi connectivity index (χ3n) is 3.72. The van der Waals surface area contributed by atoms with Crippen LogP contribution in [0.3, 0.4) is 0 Å². The van der Waals surface area contributed by atoms with Crippen LogP contribution in [-0.4, -0.2) is 36.4 Å². The van der Waals surface area contributed by atoms with Crippen LogP contribution >= 0.6 is 34.5 Å². The molecule has 0 bridgehead atoms. The number of carbonyl (C=O) groups is 1. The normalized spacial score (nSPS) is 12.3. The number of nitrogens with one attached hydrogen (secondary N) is 2. The standard InChI is InChI=1S/C16H19Cl2N3O4S2/c1-16(2,3)21(4)27(24,25)14-13(22)11(8-26-14)20-15(23)19-10-7-5-6-9(17)12(10)18/h5-8,22H,1-4H3,(H2,19,20,23). The summed E-state index contributed by atoms with van der Waals surface area (Å²) in [5.74, 6) is -0.525. The second-order valence-electron chi connectivity index (χ2n) is 6.61. The number of thiophene rings is 1. The predicted molar refractivity (Wildman–Crippen MR) is 110 cm³/mol. The van der Waals surface area contributed by atoms with Crippen LogP contribution in [-0.2, 0) is 10.0 Å². The molecule has 2 aromatic rings. The van der Waals surface area contributed by atoms with E-state index in [1.54, 1.807) is 39.0 Å². The van der Waals surface area contributed by atoms with Crippen LogP contribution < -0.4 is 10.6 Å². The van der Waals surface area contributed by atoms with Crippen molar-refractivity contribution in [2.45, 2.75) is 30.5 Å². The number of benzene rings is 1. The van der Waals surface area contributed by atoms with Crippen LogP contribution in [0.4, 0.5) is 16.2 Å². The first-order valence-electron chi connectivity index (χ1n) is 7.67. The maximum Gasteiger partial charge on any atom is 0.323 e. The zero-order valence-corrected chi connectivity index (χ0v) is 18.1. The molecule has 1 aromatic carbocycles. The van der Waals surface area contributed by atoms with Crippen LogP contribution in [0.1, 0.15) is 20.8 Å². The molecule has 0 radical (unpaired) electrons. The first-order valence-corrected chi connectivity index (χ1v) is 10.7. The zero-order chi connectivity index (χ0) is 20.6. The van der Waals surface area contributed by atoms with E-state index in [1.165, 1.54) is 12.4 Å². The smallest absolute Gasteiger partial charge is 0.323 e. The highest BCUT2D eigenvalue weighted by Gasteiger charge is 2.34. The van der Waals surface area contributed by atoms with E-state index in [0.29, 0.717) is 0 Å². The van der Waals surface area contributed by atoms with Gasteiger partial charge in [-0.1, -0.05) is 29.3 Å². The number of nitrogens with zero attached hydrogens (tertiary/aromatic N) is 1. The molecule has 11 heteroatoms. The lowest BCUT2D eigenvalue weighted by molar-refractivity contribution is 0.262. The Morgan fingerprint density at radius 3 is 2.37 bits per heavy atom. The highest BCUT2D eigenvalue weighted by molar-refractivity contribution is 7.91. The molecule has 2 rings (SSSR count). The molecule has 0 saturated carbocycles. The van der Waals surface area contributed by atoms with Crippen LogP contribution in [0.15, 0.2) is 27.8 Å². The van der Waals surface area contributed by atoms with Gasteiger partial charge >= 0.3 is 6.03 Å². The number of rotatable bonds is 4. The summed E-state index contributed by atoms with van der Waals surface area (Å²) < 4.78 is 26.3. The van der Waals surface area contributed by atoms with Gasteiger partial charge in [0.1, 0.15) is 0 Å². The van der Waals surface area contributed by atoms with Gasteiger partial charge in [-0.25, -0.2) is 13.2 Å². The van der Waals surface area contributed by atoms with E-state index in [0.717, 1.165) is 15.6 Å². The average molecular weight is 452 g/mol. The van der Waals surface area contributed by atoms with Gasteiger partial charge < -0.3 is 15.7 Å². The molecule has 148 valence electrons. The number of sulfonamides is 1. The fraction of sp³-hybridized carbons (Fsp3) is 0.312. The summed E-state index contributed by atoms with van der Waals surface area (Å²) in [5, 5.41) is 17.0. The Hall–Kier alpha value is -1.52. The molecule has 3 N–H and O–H groups in total. The van der Waals surface area contributed by atoms with Crippen molar-refractivity contribution in [3.05, 3.63) is 33.6 Å². The van der Waals surface area contributed by atoms with Crippen molar-refractivity contribution in [1.29, 1.82) is 0 Å². The van der Waals surface area contributed by atoms with E-state index in [-0.39, 0.29) is 25.6 Å². The van der Waals surface area contributed by atoms with E-state index in [4.69, 9.17) is 23.2 Å². The third kappa shape index (κ3) is 4.67. The lowest BCUT2D eigenvalue weighted by atomic mass is 10.1. The summed E-state index contributed by atoms with van der Waals surface area (Å²) in [4.78, 5) is 12.2. The Balaban J connectivity index is 2.23. The van der Waals surface area contributed by atoms with Gasteiger partial charge in [0.2, 0.25) is 0 Å². The highest BCUT2D eigenvalue weighted by Crippen LogP contribution is 2.40. The summed E-state index contributed by atoms with van der Waals surface area (Å²) in [7, 11) is -2.50. The van der Waals surface area contributed by atoms with Crippen LogP contribution in [0.5, 0.6) is 5.75 Å². The molecule has 0 saturated heterocycles. The van der Waals surface area contributed by atoms with Crippen molar-refractivity contribution < 1.29 is 18.3 Å². The van der Waals surface area contributed by atoms with E-state index >= 15 is 0 Å². The van der Waals surface area contributed by atoms with E-state index in [9.17, 15) is 18.3 Å². The average Bonchev–Trinajstić information content (AvgIpc) is 2.91. The molecule has 1 aromatic heterocycles. The summed E-state index contributed by atoms with van der Waals surface area (Å²) in [6, 6.07) is 4.02. The Kier molecular flexibility index (Phi) is 6.33. The van der Waals surface area contributed by atoms with E-state index < -0.39 is 27.3 Å². The number of carbonyl (C=O) groups excluding carboxylic acids is 1. The molecule has 0 spiro atoms. The largest absolute Gasteiger partial charge is 0.504 e. The molecule has 27 heavy (non-hydrogen) atoms. The lowest BCUT2D eigenvalue weighted by Gasteiger charge is -2.30. The third-order valence-corrected chi connectivity index (χ3v) is 8.15. The number of anilines is 2. The molecule has 0 aliphatic heterocycles. The highest BCUT2D eigenvalue weighted by atomic mass is 35.5. The lowest BCUT2D eigenvalue weighted by Crippen LogP contribution is -2.42. The second-order valence-corrected chi connectivity index (χ2v) is 10.4. The number of aromatic hydroxyl groups is 1. The minimum Gasteiger partial charge on any atom is -0.504 e. The number of hydrogen-bond donors (Lipinski definition) is 3. The van der Waals surface area contributed by atoms with Gasteiger partial charge in [0.15, 0.2) is 9.96 Å². The van der Waals surface area contributed by atoms with Crippen molar-refractivity contribution in [3.63, 3.8) is 0 Å². The topological polar surface area (TPSA) is 98.7 Å². The second kappa shape index (κ2) is 7.84. The van der Waals surface area contributed by atoms with Crippen molar-refractivity contribution in [2.75, 3.05) is 17.7 Å². The van der Waals surface area contributed by atoms with E-state index in [1.807, 2.05) is 0 Å². The predicted octanol–water partition coefficient (Wildman–Crippen LogP) is 4.82. The Morgan fingerprint density at radius 1 is 1.19 bits per heavy atom. The first-order chi connectivity index (χ1) is 12.4. The summed E-state index contributed by atoms with van der Waals surface area (Å²) in [5.41, 5.74) is -0.433. The Labute approximate surface area is 172 Å². The van der Waals surface area contributed by atoms with E-state index in [2.05, 4.69) is 10.6 Å². The van der Waals surface area contributed by atoms with Gasteiger partial charge in [-0.2, -0.15) is 4.31 Å². The number of hydrogen-bond acceptors (Lipinski definition) is 5. The fourth-order valence-electron chi connectivity index (χ4n) is 1.97. The van der Waals surface area contributed by atoms with Crippen molar-refractivity contribution >= 4 is 62.0 Å². The molecule has 0 fully saturated rings. The quantitative estimate of drug-likeness (QED) is 0.619. The molecule has 0 unspecified atom stereocenters. The molecular weight excluding hydrogens is 433 g/mol. The molecule has 0 aliphatic carbocycles. The molecule has 0 atom stereocenters. The van der Waals surface area contributed by atoms with Crippen LogP contribution in [0.25, 0.3) is 0 Å². The SMILES string of the molecule is CN(C(C)(C)C)S(=O)(=O)c1scc(NC(=O)Nc2cccc(Cl)c2Cl)c1O. The minimum absolute atomic E-state index is 0.0310. The molecular formula is C16H19Cl2N3O4S2. The van der Waals surface area contributed by atoms with Gasteiger partial charge in [0.05, 0.1) is 21.4 Å². The summed E-state index contributed by atoms with van der Waals surface area (Å²) in [6.45, 7) is 5.20. The molecule has 2 amide bonds. The van der Waals surface area contributed by atoms with Crippen molar-refractivity contribution in [1.82, 2.24) is 4.31 Å². The number of amides is 2. The van der Waals surface area contributed by atoms with Crippen LogP contribution in [0, 0.1) is 0 Å². The number of halogens is 2. The summed E-state index contributed by atoms with van der Waals surface area (Å²) in [6.07, 6.45) is 0. The van der Waals surface area contributed by atoms with Crippen molar-refractivity contribution in [3.8, 4) is 5.75 Å². The molecule has 1 heterocycles. The Bertz CT molecular complexity index is 969. The van der Waals surface area contributed by atoms with Gasteiger partial charge in [0.25, 0.3) is 10.0 Å². The van der Waals surface area contributed by atoms with Gasteiger partial charge in [-0.15, -0.1) is 11.3 Å². The minimum atomic E-state index is -3.92. The monoisotopic (exact) mass is 451 g/mol. The van der Waals surface area contributed by atoms with Crippen LogP contribution in [0.2, 0.25) is 10.0 Å². The van der Waals surface area contributed by atoms with Gasteiger partial charge in [-0.05, 0) is 32.9 Å². The first kappa shape index (κ1) is 21.8. The summed E-state index contributed by atoms with van der Waals surface area (Å²) >= 11 is 12.7. The number of urea groups is 1. The fourth-order valence-corrected chi connectivity index (χ4v) is 5.22. The Morgan fingerprint density at radius 2 is 1.78 bits per heavy atom. The molecule has 7 nitrogen and oxygen atoms in total.